The molecule has 2 aromatic carbocycles. The summed E-state index contributed by atoms with van der Waals surface area (Å²) >= 11 is 8.87. The van der Waals surface area contributed by atoms with Crippen molar-refractivity contribution >= 4 is 46.3 Å². The van der Waals surface area contributed by atoms with Crippen molar-refractivity contribution in [3.63, 3.8) is 0 Å². The van der Waals surface area contributed by atoms with E-state index in [1.54, 1.807) is 35.6 Å². The normalized spacial score (nSPS) is 10.8. The first-order chi connectivity index (χ1) is 14.2. The Morgan fingerprint density at radius 1 is 1.03 bits per heavy atom. The molecule has 0 spiro atoms. The van der Waals surface area contributed by atoms with Crippen LogP contribution in [0.4, 0.5) is 5.69 Å². The Hall–Kier alpha value is -2.61. The summed E-state index contributed by atoms with van der Waals surface area (Å²) in [6, 6.07) is 21.2. The Labute approximate surface area is 181 Å². The minimum atomic E-state index is -0.107. The summed E-state index contributed by atoms with van der Waals surface area (Å²) in [5.41, 5.74) is 1.86. The van der Waals surface area contributed by atoms with Crippen LogP contribution in [-0.4, -0.2) is 26.4 Å². The van der Waals surface area contributed by atoms with Crippen LogP contribution in [0.25, 0.3) is 10.7 Å². The van der Waals surface area contributed by atoms with E-state index in [1.807, 2.05) is 35.7 Å². The van der Waals surface area contributed by atoms with Gasteiger partial charge in [-0.1, -0.05) is 59.8 Å². The van der Waals surface area contributed by atoms with E-state index in [0.717, 1.165) is 16.3 Å². The summed E-state index contributed by atoms with van der Waals surface area (Å²) in [4.78, 5) is 13.4. The van der Waals surface area contributed by atoms with Crippen LogP contribution in [0.15, 0.2) is 77.3 Å². The fourth-order valence-corrected chi connectivity index (χ4v) is 4.33. The minimum Gasteiger partial charge on any atom is -0.325 e. The molecule has 0 atom stereocenters. The lowest BCUT2D eigenvalue weighted by Gasteiger charge is -2.10. The number of hydrogen-bond acceptors (Lipinski definition) is 5. The lowest BCUT2D eigenvalue weighted by molar-refractivity contribution is -0.113. The number of amides is 1. The maximum atomic E-state index is 12.4. The summed E-state index contributed by atoms with van der Waals surface area (Å²) in [6.45, 7) is 0.641. The molecular weight excluding hydrogens is 424 g/mol. The molecule has 8 heteroatoms. The summed E-state index contributed by atoms with van der Waals surface area (Å²) < 4.78 is 2.06. The SMILES string of the molecule is O=C(CSc1nnc(-c2cccs2)n1Cc1ccccc1)Nc1ccc(Cl)cc1. The van der Waals surface area contributed by atoms with Crippen molar-refractivity contribution in [2.24, 2.45) is 0 Å². The topological polar surface area (TPSA) is 59.8 Å². The number of hydrogen-bond donors (Lipinski definition) is 1. The van der Waals surface area contributed by atoms with E-state index in [1.165, 1.54) is 11.8 Å². The monoisotopic (exact) mass is 440 g/mol. The molecule has 0 bridgehead atoms. The highest BCUT2D eigenvalue weighted by Gasteiger charge is 2.17. The fraction of sp³-hybridized carbons (Fsp3) is 0.0952. The Balaban J connectivity index is 1.50. The van der Waals surface area contributed by atoms with Crippen molar-refractivity contribution in [3.05, 3.63) is 82.7 Å². The van der Waals surface area contributed by atoms with Crippen LogP contribution in [-0.2, 0) is 11.3 Å². The Bertz CT molecular complexity index is 1080. The van der Waals surface area contributed by atoms with E-state index in [4.69, 9.17) is 11.6 Å². The van der Waals surface area contributed by atoms with Gasteiger partial charge in [-0.3, -0.25) is 9.36 Å². The number of nitrogens with zero attached hydrogens (tertiary/aromatic N) is 3. The number of aromatic nitrogens is 3. The van der Waals surface area contributed by atoms with Crippen molar-refractivity contribution in [1.82, 2.24) is 14.8 Å². The van der Waals surface area contributed by atoms with Crippen LogP contribution in [0.3, 0.4) is 0 Å². The molecule has 1 amide bonds. The van der Waals surface area contributed by atoms with Gasteiger partial charge in [0.2, 0.25) is 5.91 Å². The smallest absolute Gasteiger partial charge is 0.234 e. The fourth-order valence-electron chi connectivity index (χ4n) is 2.75. The van der Waals surface area contributed by atoms with E-state index >= 15 is 0 Å². The van der Waals surface area contributed by atoms with E-state index in [2.05, 4.69) is 32.2 Å². The van der Waals surface area contributed by atoms with Crippen LogP contribution < -0.4 is 5.32 Å². The Morgan fingerprint density at radius 3 is 2.55 bits per heavy atom. The molecule has 0 saturated heterocycles. The van der Waals surface area contributed by atoms with Crippen molar-refractivity contribution < 1.29 is 4.79 Å². The number of nitrogens with one attached hydrogen (secondary N) is 1. The molecule has 4 aromatic rings. The molecular formula is C21H17ClN4OS2. The third kappa shape index (κ3) is 5.06. The number of anilines is 1. The largest absolute Gasteiger partial charge is 0.325 e. The van der Waals surface area contributed by atoms with E-state index in [0.29, 0.717) is 22.4 Å². The molecule has 2 aromatic heterocycles. The molecule has 0 unspecified atom stereocenters. The maximum absolute atomic E-state index is 12.4. The highest BCUT2D eigenvalue weighted by Crippen LogP contribution is 2.28. The first-order valence-corrected chi connectivity index (χ1v) is 11.1. The standard InChI is InChI=1S/C21H17ClN4OS2/c22-16-8-10-17(11-9-16)23-19(27)14-29-21-25-24-20(18-7-4-12-28-18)26(21)13-15-5-2-1-3-6-15/h1-12H,13-14H2,(H,23,27). The average molecular weight is 441 g/mol. The third-order valence-corrected chi connectivity index (χ3v) is 6.19. The molecule has 0 aliphatic heterocycles. The van der Waals surface area contributed by atoms with E-state index < -0.39 is 0 Å². The molecule has 4 rings (SSSR count). The predicted molar refractivity (Wildman–Crippen MR) is 120 cm³/mol. The molecule has 0 aliphatic carbocycles. The highest BCUT2D eigenvalue weighted by atomic mass is 35.5. The van der Waals surface area contributed by atoms with Gasteiger partial charge in [-0.15, -0.1) is 21.5 Å². The van der Waals surface area contributed by atoms with Crippen molar-refractivity contribution in [2.45, 2.75) is 11.7 Å². The summed E-state index contributed by atoms with van der Waals surface area (Å²) in [6.07, 6.45) is 0. The summed E-state index contributed by atoms with van der Waals surface area (Å²) in [7, 11) is 0. The second-order valence-corrected chi connectivity index (χ2v) is 8.53. The van der Waals surface area contributed by atoms with Gasteiger partial charge in [0.15, 0.2) is 11.0 Å². The van der Waals surface area contributed by atoms with Crippen molar-refractivity contribution in [2.75, 3.05) is 11.1 Å². The van der Waals surface area contributed by atoms with Gasteiger partial charge in [0, 0.05) is 10.7 Å². The molecule has 0 fully saturated rings. The summed E-state index contributed by atoms with van der Waals surface area (Å²) in [5.74, 6) is 0.939. The predicted octanol–water partition coefficient (Wildman–Crippen LogP) is 5.44. The van der Waals surface area contributed by atoms with Gasteiger partial charge in [-0.2, -0.15) is 0 Å². The zero-order chi connectivity index (χ0) is 20.1. The van der Waals surface area contributed by atoms with Gasteiger partial charge in [-0.05, 0) is 41.3 Å². The Kier molecular flexibility index (Phi) is 6.29. The van der Waals surface area contributed by atoms with Crippen molar-refractivity contribution in [1.29, 1.82) is 0 Å². The molecule has 2 heterocycles. The average Bonchev–Trinajstić information content (AvgIpc) is 3.39. The van der Waals surface area contributed by atoms with Gasteiger partial charge < -0.3 is 5.32 Å². The Morgan fingerprint density at radius 2 is 1.83 bits per heavy atom. The number of thioether (sulfide) groups is 1. The molecule has 1 N–H and O–H groups in total. The highest BCUT2D eigenvalue weighted by molar-refractivity contribution is 7.99. The maximum Gasteiger partial charge on any atom is 0.234 e. The molecule has 0 saturated carbocycles. The molecule has 146 valence electrons. The first-order valence-electron chi connectivity index (χ1n) is 8.88. The van der Waals surface area contributed by atoms with Crippen LogP contribution in [0, 0.1) is 0 Å². The zero-order valence-electron chi connectivity index (χ0n) is 15.3. The number of carbonyl (C=O) groups excluding carboxylic acids is 1. The minimum absolute atomic E-state index is 0.107. The lowest BCUT2D eigenvalue weighted by Crippen LogP contribution is -2.14. The van der Waals surface area contributed by atoms with Gasteiger partial charge in [0.05, 0.1) is 17.2 Å². The number of thiophene rings is 1. The number of halogens is 1. The van der Waals surface area contributed by atoms with Gasteiger partial charge >= 0.3 is 0 Å². The number of carbonyl (C=O) groups is 1. The number of benzene rings is 2. The molecule has 5 nitrogen and oxygen atoms in total. The van der Waals surface area contributed by atoms with E-state index in [9.17, 15) is 4.79 Å². The van der Waals surface area contributed by atoms with Crippen LogP contribution in [0.2, 0.25) is 5.02 Å². The van der Waals surface area contributed by atoms with Gasteiger partial charge in [-0.25, -0.2) is 0 Å². The van der Waals surface area contributed by atoms with Crippen molar-refractivity contribution in [3.8, 4) is 10.7 Å². The third-order valence-electron chi connectivity index (χ3n) is 4.10. The van der Waals surface area contributed by atoms with Crippen LogP contribution in [0.1, 0.15) is 5.56 Å². The molecule has 0 radical (unpaired) electrons. The van der Waals surface area contributed by atoms with Gasteiger partial charge in [0.1, 0.15) is 0 Å². The zero-order valence-corrected chi connectivity index (χ0v) is 17.7. The lowest BCUT2D eigenvalue weighted by atomic mass is 10.2. The number of rotatable bonds is 7. The summed E-state index contributed by atoms with van der Waals surface area (Å²) in [5, 5.41) is 15.0. The molecule has 0 aliphatic rings. The second kappa shape index (κ2) is 9.26. The van der Waals surface area contributed by atoms with Crippen LogP contribution >= 0.6 is 34.7 Å². The van der Waals surface area contributed by atoms with Gasteiger partial charge in [0.25, 0.3) is 0 Å². The van der Waals surface area contributed by atoms with E-state index in [-0.39, 0.29) is 11.7 Å². The molecule has 29 heavy (non-hydrogen) atoms. The quantitative estimate of drug-likeness (QED) is 0.389. The second-order valence-electron chi connectivity index (χ2n) is 6.20. The van der Waals surface area contributed by atoms with Crippen LogP contribution in [0.5, 0.6) is 0 Å². The first kappa shape index (κ1) is 19.7.